The van der Waals surface area contributed by atoms with E-state index >= 15 is 0 Å². The van der Waals surface area contributed by atoms with Crippen molar-refractivity contribution in [1.29, 1.82) is 0 Å². The maximum atomic E-state index is 11.0. The second-order valence-corrected chi connectivity index (χ2v) is 5.11. The van der Waals surface area contributed by atoms with Gasteiger partial charge in [0.2, 0.25) is 11.2 Å². The summed E-state index contributed by atoms with van der Waals surface area (Å²) in [5, 5.41) is 14.7. The number of hydrogen-bond acceptors (Lipinski definition) is 5. The summed E-state index contributed by atoms with van der Waals surface area (Å²) in [5.41, 5.74) is 0. The van der Waals surface area contributed by atoms with Gasteiger partial charge in [-0.2, -0.15) is 0 Å². The molecule has 0 radical (unpaired) electrons. The molecule has 0 atom stereocenters. The fraction of sp³-hybridized carbons (Fsp3) is 0.500. The molecule has 1 fully saturated rings. The average molecular weight is 314 g/mol. The number of aromatic nitrogens is 2. The Bertz CT molecular complexity index is 546. The molecule has 0 saturated carbocycles. The van der Waals surface area contributed by atoms with Gasteiger partial charge in [0.15, 0.2) is 0 Å². The quantitative estimate of drug-likeness (QED) is 0.732. The van der Waals surface area contributed by atoms with E-state index in [4.69, 9.17) is 16.7 Å². The summed E-state index contributed by atoms with van der Waals surface area (Å²) >= 11 is 5.82. The molecule has 8 nitrogen and oxygen atoms in total. The van der Waals surface area contributed by atoms with E-state index in [2.05, 4.69) is 20.6 Å². The zero-order valence-electron chi connectivity index (χ0n) is 11.5. The van der Waals surface area contributed by atoms with Crippen molar-refractivity contribution in [3.8, 4) is 0 Å². The molecule has 0 bridgehead atoms. The first-order valence-electron chi connectivity index (χ1n) is 6.50. The number of carbonyl (C=O) groups excluding carboxylic acids is 1. The maximum Gasteiger partial charge on any atom is 0.407 e. The van der Waals surface area contributed by atoms with E-state index in [0.29, 0.717) is 37.6 Å². The van der Waals surface area contributed by atoms with E-state index < -0.39 is 6.09 Å². The molecule has 1 aliphatic rings. The molecule has 0 spiro atoms. The second kappa shape index (κ2) is 6.57. The second-order valence-electron chi connectivity index (χ2n) is 4.78. The van der Waals surface area contributed by atoms with Crippen LogP contribution in [-0.2, 0) is 4.79 Å². The number of anilines is 2. The van der Waals surface area contributed by atoms with Crippen LogP contribution in [0.15, 0.2) is 6.07 Å². The number of hydrogen-bond donors (Lipinski definition) is 3. The van der Waals surface area contributed by atoms with Crippen LogP contribution in [0.25, 0.3) is 0 Å². The van der Waals surface area contributed by atoms with Crippen LogP contribution in [0.4, 0.5) is 16.4 Å². The predicted molar refractivity (Wildman–Crippen MR) is 77.6 cm³/mol. The first-order valence-corrected chi connectivity index (χ1v) is 6.88. The van der Waals surface area contributed by atoms with E-state index in [1.807, 2.05) is 0 Å². The maximum absolute atomic E-state index is 11.0. The molecule has 0 unspecified atom stereocenters. The fourth-order valence-electron chi connectivity index (χ4n) is 2.16. The van der Waals surface area contributed by atoms with Crippen LogP contribution in [0, 0.1) is 0 Å². The zero-order chi connectivity index (χ0) is 15.4. The van der Waals surface area contributed by atoms with Gasteiger partial charge in [-0.25, -0.2) is 14.8 Å². The number of halogens is 1. The molecule has 9 heteroatoms. The minimum Gasteiger partial charge on any atom is -0.465 e. The monoisotopic (exact) mass is 313 g/mol. The van der Waals surface area contributed by atoms with Gasteiger partial charge in [-0.15, -0.1) is 0 Å². The lowest BCUT2D eigenvalue weighted by Crippen LogP contribution is -2.41. The molecular weight excluding hydrogens is 298 g/mol. The summed E-state index contributed by atoms with van der Waals surface area (Å²) in [5.74, 6) is 0.589. The average Bonchev–Trinajstić information content (AvgIpc) is 2.37. The van der Waals surface area contributed by atoms with Crippen molar-refractivity contribution in [3.05, 3.63) is 11.3 Å². The largest absolute Gasteiger partial charge is 0.465 e. The third kappa shape index (κ3) is 4.45. The van der Waals surface area contributed by atoms with Crippen molar-refractivity contribution in [2.45, 2.75) is 25.8 Å². The fourth-order valence-corrected chi connectivity index (χ4v) is 2.34. The number of carboxylic acid groups (broad SMARTS) is 1. The molecule has 0 aromatic carbocycles. The van der Waals surface area contributed by atoms with Crippen molar-refractivity contribution >= 4 is 35.2 Å². The molecule has 21 heavy (non-hydrogen) atoms. The molecule has 2 heterocycles. The van der Waals surface area contributed by atoms with E-state index in [1.54, 1.807) is 6.07 Å². The van der Waals surface area contributed by atoms with E-state index in [9.17, 15) is 9.59 Å². The molecular formula is C12H16ClN5O3. The Kier molecular flexibility index (Phi) is 4.79. The molecule has 1 aromatic heterocycles. The number of piperidine rings is 1. The van der Waals surface area contributed by atoms with Crippen LogP contribution in [0.3, 0.4) is 0 Å². The molecule has 114 valence electrons. The Morgan fingerprint density at radius 3 is 2.52 bits per heavy atom. The summed E-state index contributed by atoms with van der Waals surface area (Å²) in [6, 6.07) is 1.70. The first-order chi connectivity index (χ1) is 9.94. The van der Waals surface area contributed by atoms with Gasteiger partial charge in [-0.1, -0.05) is 0 Å². The Labute approximate surface area is 126 Å². The highest BCUT2D eigenvalue weighted by molar-refractivity contribution is 6.28. The lowest BCUT2D eigenvalue weighted by molar-refractivity contribution is -0.114. The molecule has 1 aliphatic heterocycles. The highest BCUT2D eigenvalue weighted by atomic mass is 35.5. The number of carbonyl (C=O) groups is 2. The molecule has 2 rings (SSSR count). The SMILES string of the molecule is CC(=O)Nc1cc(NC2CCN(C(=O)O)CC2)nc(Cl)n1. The Morgan fingerprint density at radius 2 is 1.95 bits per heavy atom. The van der Waals surface area contributed by atoms with E-state index in [-0.39, 0.29) is 17.2 Å². The summed E-state index contributed by atoms with van der Waals surface area (Å²) in [4.78, 5) is 31.2. The van der Waals surface area contributed by atoms with E-state index in [1.165, 1.54) is 11.8 Å². The number of nitrogens with one attached hydrogen (secondary N) is 2. The highest BCUT2D eigenvalue weighted by Crippen LogP contribution is 2.19. The van der Waals surface area contributed by atoms with E-state index in [0.717, 1.165) is 0 Å². The van der Waals surface area contributed by atoms with Crippen LogP contribution in [0.2, 0.25) is 5.28 Å². The minimum absolute atomic E-state index is 0.0340. The van der Waals surface area contributed by atoms with Crippen molar-refractivity contribution in [1.82, 2.24) is 14.9 Å². The number of rotatable bonds is 3. The number of nitrogens with zero attached hydrogens (tertiary/aromatic N) is 3. The molecule has 0 aliphatic carbocycles. The molecule has 1 saturated heterocycles. The minimum atomic E-state index is -0.897. The Morgan fingerprint density at radius 1 is 1.33 bits per heavy atom. The van der Waals surface area contributed by atoms with Crippen LogP contribution in [0.1, 0.15) is 19.8 Å². The first kappa shape index (κ1) is 15.3. The van der Waals surface area contributed by atoms with Crippen molar-refractivity contribution < 1.29 is 14.7 Å². The van der Waals surface area contributed by atoms with Crippen LogP contribution >= 0.6 is 11.6 Å². The normalized spacial score (nSPS) is 15.6. The number of likely N-dealkylation sites (tertiary alicyclic amines) is 1. The van der Waals surface area contributed by atoms with Crippen molar-refractivity contribution in [3.63, 3.8) is 0 Å². The van der Waals surface area contributed by atoms with Gasteiger partial charge in [0.1, 0.15) is 11.6 Å². The predicted octanol–water partition coefficient (Wildman–Crippen LogP) is 1.64. The Hall–Kier alpha value is -2.09. The summed E-state index contributed by atoms with van der Waals surface area (Å²) in [6.45, 7) is 2.33. The van der Waals surface area contributed by atoms with Crippen LogP contribution in [-0.4, -0.2) is 51.1 Å². The topological polar surface area (TPSA) is 107 Å². The highest BCUT2D eigenvalue weighted by Gasteiger charge is 2.22. The molecule has 1 aromatic rings. The lowest BCUT2D eigenvalue weighted by atomic mass is 10.1. The van der Waals surface area contributed by atoms with Crippen molar-refractivity contribution in [2.75, 3.05) is 23.7 Å². The van der Waals surface area contributed by atoms with Crippen molar-refractivity contribution in [2.24, 2.45) is 0 Å². The number of amides is 2. The van der Waals surface area contributed by atoms with Crippen LogP contribution < -0.4 is 10.6 Å². The lowest BCUT2D eigenvalue weighted by Gasteiger charge is -2.30. The van der Waals surface area contributed by atoms with Gasteiger partial charge in [0.25, 0.3) is 0 Å². The third-order valence-corrected chi connectivity index (χ3v) is 3.29. The van der Waals surface area contributed by atoms with Crippen LogP contribution in [0.5, 0.6) is 0 Å². The van der Waals surface area contributed by atoms with Gasteiger partial charge >= 0.3 is 6.09 Å². The standard InChI is InChI=1S/C12H16ClN5O3/c1-7(19)14-9-6-10(17-11(13)16-9)15-8-2-4-18(5-3-8)12(20)21/h6,8H,2-5H2,1H3,(H,20,21)(H2,14,15,16,17,19). The third-order valence-electron chi connectivity index (χ3n) is 3.12. The summed E-state index contributed by atoms with van der Waals surface area (Å²) in [6.07, 6.45) is 0.471. The van der Waals surface area contributed by atoms with Gasteiger partial charge < -0.3 is 20.6 Å². The van der Waals surface area contributed by atoms with Gasteiger partial charge in [0.05, 0.1) is 0 Å². The zero-order valence-corrected chi connectivity index (χ0v) is 12.2. The smallest absolute Gasteiger partial charge is 0.407 e. The summed E-state index contributed by atoms with van der Waals surface area (Å²) < 4.78 is 0. The van der Waals surface area contributed by atoms with Gasteiger partial charge in [-0.05, 0) is 24.4 Å². The Balaban J connectivity index is 1.98. The molecule has 2 amide bonds. The van der Waals surface area contributed by atoms with Gasteiger partial charge in [0, 0.05) is 32.1 Å². The molecule has 3 N–H and O–H groups in total. The van der Waals surface area contributed by atoms with Gasteiger partial charge in [-0.3, -0.25) is 4.79 Å². The summed E-state index contributed by atoms with van der Waals surface area (Å²) in [7, 11) is 0.